The van der Waals surface area contributed by atoms with Gasteiger partial charge >= 0.3 is 11.9 Å². The maximum atomic E-state index is 11.2. The van der Waals surface area contributed by atoms with Crippen molar-refractivity contribution >= 4 is 33.9 Å². The average molecular weight is 305 g/mol. The molecule has 0 aromatic rings. The second-order valence-corrected chi connectivity index (χ2v) is 4.84. The zero-order valence-corrected chi connectivity index (χ0v) is 13.1. The normalized spacial score (nSPS) is 12.0. The van der Waals surface area contributed by atoms with Crippen molar-refractivity contribution in [2.75, 3.05) is 25.7 Å². The van der Waals surface area contributed by atoms with Crippen LogP contribution in [0.2, 0.25) is 0 Å². The molecule has 0 rings (SSSR count). The molecule has 108 valence electrons. The lowest BCUT2D eigenvalue weighted by atomic mass is 10.4. The van der Waals surface area contributed by atoms with E-state index in [-0.39, 0.29) is 11.6 Å². The molecular formula is C12H19NO4S2. The lowest BCUT2D eigenvalue weighted by Gasteiger charge is -2.05. The van der Waals surface area contributed by atoms with Gasteiger partial charge in [-0.2, -0.15) is 0 Å². The van der Waals surface area contributed by atoms with E-state index < -0.39 is 5.97 Å². The summed E-state index contributed by atoms with van der Waals surface area (Å²) in [4.78, 5) is 15.5. The number of hydrogen-bond donors (Lipinski definition) is 1. The van der Waals surface area contributed by atoms with Gasteiger partial charge in [0, 0.05) is 6.08 Å². The predicted octanol–water partition coefficient (Wildman–Crippen LogP) is 2.95. The van der Waals surface area contributed by atoms with Crippen LogP contribution in [0.3, 0.4) is 0 Å². The van der Waals surface area contributed by atoms with Gasteiger partial charge in [-0.05, 0) is 32.4 Å². The van der Waals surface area contributed by atoms with E-state index in [1.165, 1.54) is 35.7 Å². The number of aliphatic hydroxyl groups is 1. The number of aliphatic imine (C=N–C) groups is 1. The highest BCUT2D eigenvalue weighted by Gasteiger charge is 2.06. The smallest absolute Gasteiger partial charge is 0.330 e. The lowest BCUT2D eigenvalue weighted by molar-refractivity contribution is -0.137. The first-order chi connectivity index (χ1) is 9.08. The quantitative estimate of drug-likeness (QED) is 0.203. The number of esters is 1. The Kier molecular flexibility index (Phi) is 10.2. The van der Waals surface area contributed by atoms with Crippen molar-refractivity contribution in [3.63, 3.8) is 0 Å². The topological polar surface area (TPSA) is 68.1 Å². The number of thioether (sulfide) groups is 2. The summed E-state index contributed by atoms with van der Waals surface area (Å²) < 4.78 is 10.5. The number of allylic oxidation sites excluding steroid dienone is 1. The summed E-state index contributed by atoms with van der Waals surface area (Å²) in [5.74, 6) is -0.807. The van der Waals surface area contributed by atoms with E-state index in [1.807, 2.05) is 12.5 Å². The number of rotatable bonds is 6. The molecule has 0 saturated heterocycles. The Morgan fingerprint density at radius 1 is 1.16 bits per heavy atom. The van der Waals surface area contributed by atoms with Crippen LogP contribution >= 0.6 is 23.5 Å². The SMILES string of the molecule is CCOC(=O)/C=C\C(N=C(SC)SC)=C(/O)OCC. The molecule has 0 spiro atoms. The highest BCUT2D eigenvalue weighted by Crippen LogP contribution is 2.16. The van der Waals surface area contributed by atoms with Crippen molar-refractivity contribution in [3.8, 4) is 0 Å². The highest BCUT2D eigenvalue weighted by atomic mass is 32.2. The van der Waals surface area contributed by atoms with Gasteiger partial charge in [0.05, 0.1) is 13.2 Å². The Hall–Kier alpha value is -1.08. The molecule has 0 radical (unpaired) electrons. The molecule has 0 heterocycles. The average Bonchev–Trinajstić information content (AvgIpc) is 2.39. The summed E-state index contributed by atoms with van der Waals surface area (Å²) in [6.45, 7) is 4.07. The number of carbonyl (C=O) groups excluding carboxylic acids is 1. The summed E-state index contributed by atoms with van der Waals surface area (Å²) in [5.41, 5.74) is 0.189. The van der Waals surface area contributed by atoms with Gasteiger partial charge < -0.3 is 14.6 Å². The Labute approximate surface area is 122 Å². The van der Waals surface area contributed by atoms with E-state index >= 15 is 0 Å². The van der Waals surface area contributed by atoms with Gasteiger partial charge in [0.25, 0.3) is 0 Å². The monoisotopic (exact) mass is 305 g/mol. The van der Waals surface area contributed by atoms with Crippen LogP contribution < -0.4 is 0 Å². The fourth-order valence-corrected chi connectivity index (χ4v) is 2.02. The van der Waals surface area contributed by atoms with Crippen molar-refractivity contribution in [1.82, 2.24) is 0 Å². The standard InChI is InChI=1S/C12H19NO4S2/c1-5-16-10(14)8-7-9(11(15)17-6-2)13-12(18-3)19-4/h7-8,15H,5-6H2,1-4H3/b8-7-,11-9-. The van der Waals surface area contributed by atoms with Gasteiger partial charge in [-0.3, -0.25) is 0 Å². The molecule has 0 fully saturated rings. The van der Waals surface area contributed by atoms with Crippen LogP contribution in [0.15, 0.2) is 28.8 Å². The van der Waals surface area contributed by atoms with E-state index in [4.69, 9.17) is 9.47 Å². The lowest BCUT2D eigenvalue weighted by Crippen LogP contribution is -2.00. The molecule has 0 aliphatic rings. The molecule has 0 aromatic carbocycles. The molecule has 0 aromatic heterocycles. The Balaban J connectivity index is 5.14. The van der Waals surface area contributed by atoms with Gasteiger partial charge in [-0.1, -0.05) is 0 Å². The molecule has 0 atom stereocenters. The fourth-order valence-electron chi connectivity index (χ4n) is 0.977. The molecule has 0 amide bonds. The van der Waals surface area contributed by atoms with Crippen LogP contribution in [0.5, 0.6) is 0 Å². The number of nitrogens with zero attached hydrogens (tertiary/aromatic N) is 1. The molecule has 0 bridgehead atoms. The largest absolute Gasteiger partial charge is 0.479 e. The molecular weight excluding hydrogens is 286 g/mol. The summed E-state index contributed by atoms with van der Waals surface area (Å²) in [5, 5.41) is 9.72. The predicted molar refractivity (Wildman–Crippen MR) is 81.5 cm³/mol. The van der Waals surface area contributed by atoms with Crippen LogP contribution in [-0.4, -0.2) is 41.2 Å². The first kappa shape index (κ1) is 17.9. The van der Waals surface area contributed by atoms with Crippen molar-refractivity contribution in [1.29, 1.82) is 0 Å². The number of hydrogen-bond acceptors (Lipinski definition) is 7. The minimum absolute atomic E-state index is 0.189. The second-order valence-electron chi connectivity index (χ2n) is 2.99. The summed E-state index contributed by atoms with van der Waals surface area (Å²) in [6, 6.07) is 0. The summed E-state index contributed by atoms with van der Waals surface area (Å²) in [7, 11) is 0. The summed E-state index contributed by atoms with van der Waals surface area (Å²) >= 11 is 2.88. The molecule has 5 nitrogen and oxygen atoms in total. The third-order valence-corrected chi connectivity index (χ3v) is 3.61. The minimum Gasteiger partial charge on any atom is -0.479 e. The molecule has 0 saturated carbocycles. The van der Waals surface area contributed by atoms with Crippen LogP contribution in [0.1, 0.15) is 13.8 Å². The van der Waals surface area contributed by atoms with Gasteiger partial charge in [0.15, 0.2) is 0 Å². The molecule has 0 aliphatic heterocycles. The first-order valence-corrected chi connectivity index (χ1v) is 8.11. The van der Waals surface area contributed by atoms with Gasteiger partial charge in [0.2, 0.25) is 0 Å². The molecule has 1 N–H and O–H groups in total. The van der Waals surface area contributed by atoms with E-state index in [2.05, 4.69) is 4.99 Å². The number of aliphatic hydroxyl groups excluding tert-OH is 1. The van der Waals surface area contributed by atoms with E-state index in [9.17, 15) is 9.90 Å². The van der Waals surface area contributed by atoms with Crippen LogP contribution in [0.25, 0.3) is 0 Å². The van der Waals surface area contributed by atoms with E-state index in [1.54, 1.807) is 13.8 Å². The van der Waals surface area contributed by atoms with Crippen molar-refractivity contribution in [3.05, 3.63) is 23.8 Å². The zero-order chi connectivity index (χ0) is 14.7. The van der Waals surface area contributed by atoms with Crippen molar-refractivity contribution in [2.24, 2.45) is 4.99 Å². The maximum absolute atomic E-state index is 11.2. The third-order valence-electron chi connectivity index (χ3n) is 1.73. The van der Waals surface area contributed by atoms with E-state index in [0.717, 1.165) is 4.38 Å². The number of carbonyl (C=O) groups is 1. The second kappa shape index (κ2) is 10.8. The highest BCUT2D eigenvalue weighted by molar-refractivity contribution is 8.38. The van der Waals surface area contributed by atoms with Crippen molar-refractivity contribution in [2.45, 2.75) is 13.8 Å². The van der Waals surface area contributed by atoms with Crippen molar-refractivity contribution < 1.29 is 19.4 Å². The molecule has 0 unspecified atom stereocenters. The third kappa shape index (κ3) is 7.84. The summed E-state index contributed by atoms with van der Waals surface area (Å²) in [6.07, 6.45) is 6.32. The van der Waals surface area contributed by atoms with E-state index in [0.29, 0.717) is 13.2 Å². The number of ether oxygens (including phenoxy) is 2. The minimum atomic E-state index is -0.491. The van der Waals surface area contributed by atoms with Crippen LogP contribution in [0, 0.1) is 0 Å². The fraction of sp³-hybridized carbons (Fsp3) is 0.500. The zero-order valence-electron chi connectivity index (χ0n) is 11.5. The molecule has 19 heavy (non-hydrogen) atoms. The molecule has 7 heteroatoms. The Bertz CT molecular complexity index is 372. The Morgan fingerprint density at radius 2 is 1.74 bits per heavy atom. The first-order valence-electron chi connectivity index (χ1n) is 5.66. The van der Waals surface area contributed by atoms with Gasteiger partial charge in [0.1, 0.15) is 10.1 Å². The van der Waals surface area contributed by atoms with Gasteiger partial charge in [-0.15, -0.1) is 23.5 Å². The van der Waals surface area contributed by atoms with Crippen LogP contribution in [-0.2, 0) is 14.3 Å². The maximum Gasteiger partial charge on any atom is 0.330 e. The molecule has 0 aliphatic carbocycles. The Morgan fingerprint density at radius 3 is 2.21 bits per heavy atom. The van der Waals surface area contributed by atoms with Gasteiger partial charge in [-0.25, -0.2) is 9.79 Å². The van der Waals surface area contributed by atoms with Crippen LogP contribution in [0.4, 0.5) is 0 Å².